The quantitative estimate of drug-likeness (QED) is 0.359. The zero-order valence-corrected chi connectivity index (χ0v) is 17.1. The van der Waals surface area contributed by atoms with Gasteiger partial charge in [-0.25, -0.2) is 0 Å². The van der Waals surface area contributed by atoms with E-state index < -0.39 is 0 Å². The van der Waals surface area contributed by atoms with Gasteiger partial charge < -0.3 is 19.3 Å². The van der Waals surface area contributed by atoms with E-state index in [-0.39, 0.29) is 11.5 Å². The standard InChI is InChI=1S/C27H24O4/c28-24-16-17-25(29-18-21-10-4-1-5-11-21)27(31-20-23-14-8-3-9-15-23)26(24)30-19-22-12-6-2-7-13-22/h1-17,28H,18-20H2. The van der Waals surface area contributed by atoms with Crippen molar-refractivity contribution >= 4 is 0 Å². The second kappa shape index (κ2) is 10.2. The van der Waals surface area contributed by atoms with E-state index in [1.165, 1.54) is 0 Å². The number of hydrogen-bond donors (Lipinski definition) is 1. The Labute approximate surface area is 182 Å². The number of aromatic hydroxyl groups is 1. The van der Waals surface area contributed by atoms with Gasteiger partial charge in [0.05, 0.1) is 0 Å². The van der Waals surface area contributed by atoms with Crippen LogP contribution in [0.1, 0.15) is 16.7 Å². The first-order valence-corrected chi connectivity index (χ1v) is 10.2. The van der Waals surface area contributed by atoms with Crippen LogP contribution in [0.5, 0.6) is 23.0 Å². The SMILES string of the molecule is Oc1ccc(OCc2ccccc2)c(OCc2ccccc2)c1OCc1ccccc1. The predicted octanol–water partition coefficient (Wildman–Crippen LogP) is 6.13. The molecule has 0 saturated heterocycles. The fourth-order valence-corrected chi connectivity index (χ4v) is 3.12. The van der Waals surface area contributed by atoms with Gasteiger partial charge in [-0.2, -0.15) is 0 Å². The summed E-state index contributed by atoms with van der Waals surface area (Å²) in [4.78, 5) is 0. The van der Waals surface area contributed by atoms with Crippen LogP contribution in [0.25, 0.3) is 0 Å². The molecule has 31 heavy (non-hydrogen) atoms. The van der Waals surface area contributed by atoms with Gasteiger partial charge in [0, 0.05) is 0 Å². The molecule has 0 fully saturated rings. The van der Waals surface area contributed by atoms with E-state index in [0.29, 0.717) is 31.3 Å². The molecule has 0 saturated carbocycles. The average molecular weight is 412 g/mol. The number of benzene rings is 4. The van der Waals surface area contributed by atoms with Gasteiger partial charge in [0.25, 0.3) is 0 Å². The van der Waals surface area contributed by atoms with Crippen molar-refractivity contribution in [2.24, 2.45) is 0 Å². The van der Waals surface area contributed by atoms with Crippen LogP contribution in [0, 0.1) is 0 Å². The largest absolute Gasteiger partial charge is 0.504 e. The molecule has 0 unspecified atom stereocenters. The first kappa shape index (κ1) is 20.4. The molecule has 0 atom stereocenters. The number of phenols is 1. The van der Waals surface area contributed by atoms with Gasteiger partial charge in [0.1, 0.15) is 19.8 Å². The number of rotatable bonds is 9. The first-order chi connectivity index (χ1) is 15.3. The molecule has 0 heterocycles. The van der Waals surface area contributed by atoms with Crippen molar-refractivity contribution in [3.05, 3.63) is 120 Å². The zero-order chi connectivity index (χ0) is 21.3. The van der Waals surface area contributed by atoms with Gasteiger partial charge in [0.2, 0.25) is 11.5 Å². The average Bonchev–Trinajstić information content (AvgIpc) is 2.83. The molecule has 4 aromatic rings. The van der Waals surface area contributed by atoms with Crippen LogP contribution in [0.3, 0.4) is 0 Å². The maximum absolute atomic E-state index is 10.5. The molecule has 0 bridgehead atoms. The minimum absolute atomic E-state index is 0.00561. The Morgan fingerprint density at radius 1 is 0.452 bits per heavy atom. The zero-order valence-electron chi connectivity index (χ0n) is 17.1. The fraction of sp³-hybridized carbons (Fsp3) is 0.111. The molecule has 4 nitrogen and oxygen atoms in total. The van der Waals surface area contributed by atoms with E-state index in [4.69, 9.17) is 14.2 Å². The predicted molar refractivity (Wildman–Crippen MR) is 120 cm³/mol. The highest BCUT2D eigenvalue weighted by Crippen LogP contribution is 2.45. The first-order valence-electron chi connectivity index (χ1n) is 10.2. The number of ether oxygens (including phenoxy) is 3. The Hall–Kier alpha value is -3.92. The van der Waals surface area contributed by atoms with Gasteiger partial charge in [-0.1, -0.05) is 91.0 Å². The second-order valence-electron chi connectivity index (χ2n) is 7.06. The Bertz CT molecular complexity index is 1080. The summed E-state index contributed by atoms with van der Waals surface area (Å²) in [7, 11) is 0. The van der Waals surface area contributed by atoms with Crippen molar-refractivity contribution < 1.29 is 19.3 Å². The molecule has 0 spiro atoms. The fourth-order valence-electron chi connectivity index (χ4n) is 3.12. The summed E-state index contributed by atoms with van der Waals surface area (Å²) in [6.45, 7) is 1.01. The van der Waals surface area contributed by atoms with Gasteiger partial charge in [-0.05, 0) is 28.8 Å². The molecule has 1 N–H and O–H groups in total. The molecule has 156 valence electrons. The van der Waals surface area contributed by atoms with Crippen LogP contribution >= 0.6 is 0 Å². The third kappa shape index (κ3) is 5.58. The molecule has 0 radical (unpaired) electrons. The molecule has 0 aliphatic carbocycles. The summed E-state index contributed by atoms with van der Waals surface area (Å²) in [5.74, 6) is 1.17. The highest BCUT2D eigenvalue weighted by Gasteiger charge is 2.18. The summed E-state index contributed by atoms with van der Waals surface area (Å²) in [5, 5.41) is 10.5. The van der Waals surface area contributed by atoms with E-state index in [1.54, 1.807) is 12.1 Å². The van der Waals surface area contributed by atoms with Crippen molar-refractivity contribution in [2.75, 3.05) is 0 Å². The van der Waals surface area contributed by atoms with Crippen LogP contribution in [0.4, 0.5) is 0 Å². The van der Waals surface area contributed by atoms with Gasteiger partial charge in [0.15, 0.2) is 11.5 Å². The Balaban J connectivity index is 1.59. The summed E-state index contributed by atoms with van der Waals surface area (Å²) < 4.78 is 18.1. The van der Waals surface area contributed by atoms with Crippen molar-refractivity contribution in [1.29, 1.82) is 0 Å². The summed E-state index contributed by atoms with van der Waals surface area (Å²) in [6, 6.07) is 32.8. The third-order valence-corrected chi connectivity index (χ3v) is 4.74. The lowest BCUT2D eigenvalue weighted by atomic mass is 10.2. The van der Waals surface area contributed by atoms with Crippen LogP contribution in [-0.4, -0.2) is 5.11 Å². The molecule has 0 aromatic heterocycles. The van der Waals surface area contributed by atoms with Crippen molar-refractivity contribution in [3.63, 3.8) is 0 Å². The lowest BCUT2D eigenvalue weighted by Crippen LogP contribution is -2.04. The van der Waals surface area contributed by atoms with E-state index in [1.807, 2.05) is 91.0 Å². The minimum Gasteiger partial charge on any atom is -0.504 e. The van der Waals surface area contributed by atoms with Gasteiger partial charge in [-0.15, -0.1) is 0 Å². The maximum atomic E-state index is 10.5. The molecule has 0 amide bonds. The third-order valence-electron chi connectivity index (χ3n) is 4.74. The van der Waals surface area contributed by atoms with E-state index >= 15 is 0 Å². The smallest absolute Gasteiger partial charge is 0.207 e. The van der Waals surface area contributed by atoms with Crippen molar-refractivity contribution in [1.82, 2.24) is 0 Å². The van der Waals surface area contributed by atoms with Crippen LogP contribution in [0.15, 0.2) is 103 Å². The van der Waals surface area contributed by atoms with Crippen molar-refractivity contribution in [2.45, 2.75) is 19.8 Å². The van der Waals surface area contributed by atoms with E-state index in [0.717, 1.165) is 16.7 Å². The molecular formula is C27H24O4. The summed E-state index contributed by atoms with van der Waals surface area (Å²) in [6.07, 6.45) is 0. The molecular weight excluding hydrogens is 388 g/mol. The van der Waals surface area contributed by atoms with Crippen LogP contribution in [0.2, 0.25) is 0 Å². The lowest BCUT2D eigenvalue weighted by molar-refractivity contribution is 0.223. The molecule has 4 rings (SSSR count). The number of phenolic OH excluding ortho intramolecular Hbond substituents is 1. The number of hydrogen-bond acceptors (Lipinski definition) is 4. The Morgan fingerprint density at radius 3 is 1.35 bits per heavy atom. The lowest BCUT2D eigenvalue weighted by Gasteiger charge is -2.18. The highest BCUT2D eigenvalue weighted by molar-refractivity contribution is 5.58. The Kier molecular flexibility index (Phi) is 6.71. The summed E-state index contributed by atoms with van der Waals surface area (Å²) >= 11 is 0. The van der Waals surface area contributed by atoms with E-state index in [9.17, 15) is 5.11 Å². The summed E-state index contributed by atoms with van der Waals surface area (Å²) in [5.41, 5.74) is 3.04. The molecule has 0 aliphatic rings. The topological polar surface area (TPSA) is 47.9 Å². The van der Waals surface area contributed by atoms with Crippen LogP contribution in [-0.2, 0) is 19.8 Å². The normalized spacial score (nSPS) is 10.5. The monoisotopic (exact) mass is 412 g/mol. The Morgan fingerprint density at radius 2 is 0.871 bits per heavy atom. The van der Waals surface area contributed by atoms with E-state index in [2.05, 4.69) is 0 Å². The van der Waals surface area contributed by atoms with Gasteiger partial charge in [-0.3, -0.25) is 0 Å². The van der Waals surface area contributed by atoms with Crippen molar-refractivity contribution in [3.8, 4) is 23.0 Å². The second-order valence-corrected chi connectivity index (χ2v) is 7.06. The highest BCUT2D eigenvalue weighted by atomic mass is 16.5. The maximum Gasteiger partial charge on any atom is 0.207 e. The van der Waals surface area contributed by atoms with Gasteiger partial charge >= 0.3 is 0 Å². The molecule has 4 heteroatoms. The minimum atomic E-state index is 0.00561. The molecule has 0 aliphatic heterocycles. The van der Waals surface area contributed by atoms with Crippen LogP contribution < -0.4 is 14.2 Å². The molecule has 4 aromatic carbocycles.